The van der Waals surface area contributed by atoms with Crippen molar-refractivity contribution in [2.24, 2.45) is 0 Å². The van der Waals surface area contributed by atoms with E-state index in [9.17, 15) is 14.9 Å². The van der Waals surface area contributed by atoms with Crippen LogP contribution in [-0.4, -0.2) is 16.5 Å². The molecule has 0 unspecified atom stereocenters. The van der Waals surface area contributed by atoms with Crippen molar-refractivity contribution in [3.63, 3.8) is 0 Å². The van der Waals surface area contributed by atoms with Gasteiger partial charge in [0.2, 0.25) is 0 Å². The quantitative estimate of drug-likeness (QED) is 0.371. The van der Waals surface area contributed by atoms with Gasteiger partial charge in [-0.2, -0.15) is 0 Å². The van der Waals surface area contributed by atoms with Crippen molar-refractivity contribution in [1.29, 1.82) is 0 Å². The lowest BCUT2D eigenvalue weighted by molar-refractivity contribution is -0.385. The van der Waals surface area contributed by atoms with Crippen molar-refractivity contribution in [3.8, 4) is 0 Å². The van der Waals surface area contributed by atoms with Gasteiger partial charge >= 0.3 is 5.97 Å². The van der Waals surface area contributed by atoms with Crippen LogP contribution in [-0.2, 0) is 10.1 Å². The SMILES string of the molecule is CC(C)(C)OC(=O)c1ccc(CBr)cc1[N+](=O)[O-]. The molecule has 1 rings (SSSR count). The lowest BCUT2D eigenvalue weighted by Crippen LogP contribution is -2.24. The van der Waals surface area contributed by atoms with Gasteiger partial charge in [-0.1, -0.05) is 22.0 Å². The van der Waals surface area contributed by atoms with E-state index < -0.39 is 16.5 Å². The molecule has 18 heavy (non-hydrogen) atoms. The van der Waals surface area contributed by atoms with Crippen LogP contribution in [0, 0.1) is 10.1 Å². The second-order valence-corrected chi connectivity index (χ2v) is 5.30. The van der Waals surface area contributed by atoms with Gasteiger partial charge in [-0.15, -0.1) is 0 Å². The molecule has 0 aliphatic carbocycles. The Bertz CT molecular complexity index is 479. The number of carbonyl (C=O) groups excluding carboxylic acids is 1. The summed E-state index contributed by atoms with van der Waals surface area (Å²) in [6, 6.07) is 4.44. The maximum Gasteiger partial charge on any atom is 0.345 e. The molecule has 98 valence electrons. The molecule has 0 amide bonds. The zero-order chi connectivity index (χ0) is 13.9. The molecule has 0 saturated heterocycles. The van der Waals surface area contributed by atoms with E-state index in [0.717, 1.165) is 5.56 Å². The molecule has 6 heteroatoms. The van der Waals surface area contributed by atoms with E-state index in [-0.39, 0.29) is 11.3 Å². The Morgan fingerprint density at radius 1 is 1.44 bits per heavy atom. The zero-order valence-electron chi connectivity index (χ0n) is 10.4. The third kappa shape index (κ3) is 3.80. The Morgan fingerprint density at radius 2 is 2.06 bits per heavy atom. The molecule has 0 N–H and O–H groups in total. The molecule has 0 bridgehead atoms. The van der Waals surface area contributed by atoms with Gasteiger partial charge in [-0.05, 0) is 32.4 Å². The maximum absolute atomic E-state index is 11.8. The minimum atomic E-state index is -0.685. The molecule has 0 aromatic heterocycles. The van der Waals surface area contributed by atoms with Crippen LogP contribution in [0.15, 0.2) is 18.2 Å². The number of ether oxygens (including phenoxy) is 1. The van der Waals surface area contributed by atoms with Crippen LogP contribution < -0.4 is 0 Å². The third-order valence-electron chi connectivity index (χ3n) is 2.03. The van der Waals surface area contributed by atoms with Crippen LogP contribution in [0.5, 0.6) is 0 Å². The van der Waals surface area contributed by atoms with Crippen molar-refractivity contribution < 1.29 is 14.5 Å². The Kier molecular flexibility index (Phi) is 4.45. The van der Waals surface area contributed by atoms with Crippen molar-refractivity contribution in [2.75, 3.05) is 0 Å². The van der Waals surface area contributed by atoms with Crippen LogP contribution in [0.4, 0.5) is 5.69 Å². The number of hydrogen-bond acceptors (Lipinski definition) is 4. The first-order valence-corrected chi connectivity index (χ1v) is 6.43. The van der Waals surface area contributed by atoms with Crippen LogP contribution in [0.2, 0.25) is 0 Å². The molecule has 0 heterocycles. The summed E-state index contributed by atoms with van der Waals surface area (Å²) < 4.78 is 5.13. The summed E-state index contributed by atoms with van der Waals surface area (Å²) in [5.74, 6) is -0.685. The number of hydrogen-bond donors (Lipinski definition) is 0. The molecule has 0 radical (unpaired) electrons. The lowest BCUT2D eigenvalue weighted by atomic mass is 10.1. The number of halogens is 1. The third-order valence-corrected chi connectivity index (χ3v) is 2.68. The second kappa shape index (κ2) is 5.48. The smallest absolute Gasteiger partial charge is 0.345 e. The predicted molar refractivity (Wildman–Crippen MR) is 70.9 cm³/mol. The van der Waals surface area contributed by atoms with E-state index >= 15 is 0 Å². The molecule has 0 aliphatic heterocycles. The summed E-state index contributed by atoms with van der Waals surface area (Å²) in [6.07, 6.45) is 0. The molecule has 0 saturated carbocycles. The van der Waals surface area contributed by atoms with E-state index in [0.29, 0.717) is 5.33 Å². The highest BCUT2D eigenvalue weighted by atomic mass is 79.9. The van der Waals surface area contributed by atoms with Crippen molar-refractivity contribution in [2.45, 2.75) is 31.7 Å². The van der Waals surface area contributed by atoms with Crippen molar-refractivity contribution in [3.05, 3.63) is 39.4 Å². The highest BCUT2D eigenvalue weighted by Crippen LogP contribution is 2.24. The number of rotatable bonds is 3. The van der Waals surface area contributed by atoms with Gasteiger partial charge in [0.05, 0.1) is 4.92 Å². The van der Waals surface area contributed by atoms with E-state index in [1.807, 2.05) is 0 Å². The molecule has 0 aliphatic rings. The summed E-state index contributed by atoms with van der Waals surface area (Å²) >= 11 is 3.21. The summed E-state index contributed by atoms with van der Waals surface area (Å²) in [7, 11) is 0. The fourth-order valence-corrected chi connectivity index (χ4v) is 1.67. The maximum atomic E-state index is 11.8. The van der Waals surface area contributed by atoms with Crippen LogP contribution >= 0.6 is 15.9 Å². The van der Waals surface area contributed by atoms with Gasteiger partial charge in [0.25, 0.3) is 5.69 Å². The number of nitro benzene ring substituents is 1. The standard InChI is InChI=1S/C12H14BrNO4/c1-12(2,3)18-11(15)9-5-4-8(7-13)6-10(9)14(16)17/h4-6H,7H2,1-3H3. The van der Waals surface area contributed by atoms with Crippen LogP contribution in [0.1, 0.15) is 36.7 Å². The van der Waals surface area contributed by atoms with Crippen molar-refractivity contribution in [1.82, 2.24) is 0 Å². The Hall–Kier alpha value is -1.43. The minimum absolute atomic E-state index is 0.0281. The van der Waals surface area contributed by atoms with E-state index in [4.69, 9.17) is 4.74 Å². The fraction of sp³-hybridized carbons (Fsp3) is 0.417. The zero-order valence-corrected chi connectivity index (χ0v) is 12.0. The fourth-order valence-electron chi connectivity index (χ4n) is 1.32. The second-order valence-electron chi connectivity index (χ2n) is 4.74. The van der Waals surface area contributed by atoms with Crippen molar-refractivity contribution >= 4 is 27.6 Å². The summed E-state index contributed by atoms with van der Waals surface area (Å²) in [5.41, 5.74) is -0.214. The molecular formula is C12H14BrNO4. The van der Waals surface area contributed by atoms with Gasteiger partial charge in [0, 0.05) is 11.4 Å². The van der Waals surface area contributed by atoms with E-state index in [1.54, 1.807) is 26.8 Å². The molecule has 0 spiro atoms. The normalized spacial score (nSPS) is 11.1. The molecule has 0 fully saturated rings. The Balaban J connectivity index is 3.16. The number of esters is 1. The summed E-state index contributed by atoms with van der Waals surface area (Å²) in [5, 5.41) is 11.4. The summed E-state index contributed by atoms with van der Waals surface area (Å²) in [4.78, 5) is 22.2. The molecule has 1 aromatic carbocycles. The Morgan fingerprint density at radius 3 is 2.50 bits per heavy atom. The van der Waals surface area contributed by atoms with Gasteiger partial charge < -0.3 is 4.74 Å². The first kappa shape index (κ1) is 14.6. The largest absolute Gasteiger partial charge is 0.456 e. The number of alkyl halides is 1. The van der Waals surface area contributed by atoms with Gasteiger partial charge in [0.15, 0.2) is 0 Å². The average Bonchev–Trinajstić information content (AvgIpc) is 2.25. The summed E-state index contributed by atoms with van der Waals surface area (Å²) in [6.45, 7) is 5.14. The number of benzene rings is 1. The first-order valence-electron chi connectivity index (χ1n) is 5.31. The Labute approximate surface area is 113 Å². The van der Waals surface area contributed by atoms with Crippen LogP contribution in [0.25, 0.3) is 0 Å². The predicted octanol–water partition coefficient (Wildman–Crippen LogP) is 3.45. The van der Waals surface area contributed by atoms with Gasteiger partial charge in [-0.3, -0.25) is 10.1 Å². The molecular weight excluding hydrogens is 302 g/mol. The minimum Gasteiger partial charge on any atom is -0.456 e. The lowest BCUT2D eigenvalue weighted by Gasteiger charge is -2.19. The van der Waals surface area contributed by atoms with E-state index in [1.165, 1.54) is 12.1 Å². The number of carbonyl (C=O) groups is 1. The molecule has 0 atom stereocenters. The van der Waals surface area contributed by atoms with E-state index in [2.05, 4.69) is 15.9 Å². The van der Waals surface area contributed by atoms with Gasteiger partial charge in [0.1, 0.15) is 11.2 Å². The monoisotopic (exact) mass is 315 g/mol. The first-order chi connectivity index (χ1) is 8.24. The average molecular weight is 316 g/mol. The molecule has 5 nitrogen and oxygen atoms in total. The highest BCUT2D eigenvalue weighted by molar-refractivity contribution is 9.08. The number of nitro groups is 1. The molecule has 1 aromatic rings. The highest BCUT2D eigenvalue weighted by Gasteiger charge is 2.25. The number of nitrogens with zero attached hydrogens (tertiary/aromatic N) is 1. The topological polar surface area (TPSA) is 69.4 Å². The van der Waals surface area contributed by atoms with Crippen LogP contribution in [0.3, 0.4) is 0 Å². The van der Waals surface area contributed by atoms with Gasteiger partial charge in [-0.25, -0.2) is 4.79 Å².